The third-order valence-electron chi connectivity index (χ3n) is 3.91. The lowest BCUT2D eigenvalue weighted by Gasteiger charge is -2.26. The molecule has 0 bridgehead atoms. The zero-order valence-corrected chi connectivity index (χ0v) is 12.8. The first kappa shape index (κ1) is 14.8. The van der Waals surface area contributed by atoms with Crippen LogP contribution >= 0.6 is 0 Å². The second kappa shape index (κ2) is 6.36. The third kappa shape index (κ3) is 3.06. The summed E-state index contributed by atoms with van der Waals surface area (Å²) in [6.45, 7) is 0. The van der Waals surface area contributed by atoms with Gasteiger partial charge in [-0.15, -0.1) is 0 Å². The van der Waals surface area contributed by atoms with Crippen LogP contribution in [0.2, 0.25) is 0 Å². The largest absolute Gasteiger partial charge is 0.493 e. The molecule has 2 atom stereocenters. The predicted molar refractivity (Wildman–Crippen MR) is 81.5 cm³/mol. The third-order valence-corrected chi connectivity index (χ3v) is 3.91. The van der Waals surface area contributed by atoms with Gasteiger partial charge in [0.05, 0.1) is 37.6 Å². The van der Waals surface area contributed by atoms with Gasteiger partial charge in [0.2, 0.25) is 5.88 Å². The van der Waals surface area contributed by atoms with Crippen LogP contribution in [0.5, 0.6) is 17.4 Å². The number of aliphatic hydroxyl groups excluding tert-OH is 1. The summed E-state index contributed by atoms with van der Waals surface area (Å²) in [6, 6.07) is 3.57. The lowest BCUT2D eigenvalue weighted by Crippen LogP contribution is -2.28. The van der Waals surface area contributed by atoms with Gasteiger partial charge in [0, 0.05) is 18.6 Å². The van der Waals surface area contributed by atoms with E-state index >= 15 is 0 Å². The monoisotopic (exact) mass is 304 g/mol. The Labute approximate surface area is 129 Å². The molecular formula is C16H20N2O4. The fourth-order valence-corrected chi connectivity index (χ4v) is 2.78. The van der Waals surface area contributed by atoms with Crippen LogP contribution in [-0.2, 0) is 0 Å². The van der Waals surface area contributed by atoms with Gasteiger partial charge in [0.1, 0.15) is 6.10 Å². The first-order chi connectivity index (χ1) is 10.7. The minimum Gasteiger partial charge on any atom is -0.493 e. The number of hydrogen-bond donors (Lipinski definition) is 1. The van der Waals surface area contributed by atoms with Crippen molar-refractivity contribution in [2.75, 3.05) is 14.2 Å². The summed E-state index contributed by atoms with van der Waals surface area (Å²) in [5.41, 5.74) is 1.40. The van der Waals surface area contributed by atoms with Crippen LogP contribution in [0, 0.1) is 0 Å². The number of nitrogens with zero attached hydrogens (tertiary/aromatic N) is 2. The number of methoxy groups -OCH3 is 2. The van der Waals surface area contributed by atoms with E-state index in [1.54, 1.807) is 32.5 Å². The summed E-state index contributed by atoms with van der Waals surface area (Å²) >= 11 is 0. The van der Waals surface area contributed by atoms with E-state index in [4.69, 9.17) is 14.2 Å². The molecule has 0 amide bonds. The average molecular weight is 304 g/mol. The Morgan fingerprint density at radius 3 is 2.50 bits per heavy atom. The van der Waals surface area contributed by atoms with E-state index in [1.807, 2.05) is 0 Å². The maximum Gasteiger partial charge on any atom is 0.233 e. The Morgan fingerprint density at radius 2 is 1.82 bits per heavy atom. The molecule has 0 aliphatic heterocycles. The molecule has 1 fully saturated rings. The normalized spacial score (nSPS) is 21.6. The van der Waals surface area contributed by atoms with Crippen LogP contribution in [0.25, 0.3) is 11.0 Å². The molecule has 1 heterocycles. The molecule has 2 aromatic rings. The van der Waals surface area contributed by atoms with Crippen molar-refractivity contribution < 1.29 is 19.3 Å². The first-order valence-corrected chi connectivity index (χ1v) is 7.43. The Bertz CT molecular complexity index is 662. The fourth-order valence-electron chi connectivity index (χ4n) is 2.78. The summed E-state index contributed by atoms with van der Waals surface area (Å²) in [5.74, 6) is 1.70. The van der Waals surface area contributed by atoms with Gasteiger partial charge in [0.25, 0.3) is 0 Å². The summed E-state index contributed by atoms with van der Waals surface area (Å²) < 4.78 is 16.4. The molecule has 6 nitrogen and oxygen atoms in total. The van der Waals surface area contributed by atoms with Gasteiger partial charge in [-0.05, 0) is 19.3 Å². The second-order valence-electron chi connectivity index (χ2n) is 5.46. The number of ether oxygens (including phenoxy) is 3. The quantitative estimate of drug-likeness (QED) is 0.934. The van der Waals surface area contributed by atoms with Gasteiger partial charge < -0.3 is 19.3 Å². The van der Waals surface area contributed by atoms with Crippen LogP contribution in [-0.4, -0.2) is 41.5 Å². The maximum atomic E-state index is 9.71. The Hall–Kier alpha value is -2.08. The van der Waals surface area contributed by atoms with Gasteiger partial charge in [0.15, 0.2) is 11.5 Å². The van der Waals surface area contributed by atoms with Crippen LogP contribution < -0.4 is 14.2 Å². The number of benzene rings is 1. The fraction of sp³-hybridized carbons (Fsp3) is 0.500. The highest BCUT2D eigenvalue weighted by Crippen LogP contribution is 2.31. The highest BCUT2D eigenvalue weighted by atomic mass is 16.5. The number of aromatic nitrogens is 2. The molecular weight excluding hydrogens is 284 g/mol. The first-order valence-electron chi connectivity index (χ1n) is 7.43. The lowest BCUT2D eigenvalue weighted by atomic mass is 9.95. The molecule has 6 heteroatoms. The number of fused-ring (bicyclic) bond motifs is 1. The smallest absolute Gasteiger partial charge is 0.233 e. The number of rotatable bonds is 4. The van der Waals surface area contributed by atoms with Crippen molar-refractivity contribution in [1.29, 1.82) is 0 Å². The van der Waals surface area contributed by atoms with Crippen molar-refractivity contribution in [2.24, 2.45) is 0 Å². The molecule has 0 radical (unpaired) electrons. The lowest BCUT2D eigenvalue weighted by molar-refractivity contribution is 0.0514. The average Bonchev–Trinajstić information content (AvgIpc) is 2.53. The van der Waals surface area contributed by atoms with Crippen LogP contribution in [0.15, 0.2) is 18.3 Å². The molecule has 3 rings (SSSR count). The molecule has 0 spiro atoms. The van der Waals surface area contributed by atoms with Crippen LogP contribution in [0.1, 0.15) is 25.7 Å². The molecule has 1 aromatic carbocycles. The Morgan fingerprint density at radius 1 is 1.09 bits per heavy atom. The van der Waals surface area contributed by atoms with Gasteiger partial charge in [-0.25, -0.2) is 9.97 Å². The predicted octanol–water partition coefficient (Wildman–Crippen LogP) is 2.33. The minimum atomic E-state index is -0.281. The minimum absolute atomic E-state index is 0.00403. The van der Waals surface area contributed by atoms with E-state index in [9.17, 15) is 5.11 Å². The summed E-state index contributed by atoms with van der Waals surface area (Å²) in [5, 5.41) is 9.71. The molecule has 22 heavy (non-hydrogen) atoms. The molecule has 2 unspecified atom stereocenters. The number of hydrogen-bond acceptors (Lipinski definition) is 6. The summed E-state index contributed by atoms with van der Waals surface area (Å²) in [4.78, 5) is 8.84. The molecule has 0 saturated heterocycles. The molecule has 1 aliphatic rings. The number of aliphatic hydroxyl groups is 1. The van der Waals surface area contributed by atoms with Gasteiger partial charge in [-0.2, -0.15) is 0 Å². The highest BCUT2D eigenvalue weighted by Gasteiger charge is 2.22. The van der Waals surface area contributed by atoms with Crippen molar-refractivity contribution in [3.8, 4) is 17.4 Å². The molecule has 118 valence electrons. The van der Waals surface area contributed by atoms with Crippen molar-refractivity contribution in [3.05, 3.63) is 18.3 Å². The topological polar surface area (TPSA) is 73.7 Å². The SMILES string of the molecule is COc1cc2ncc(OC3CCCC(O)C3)nc2cc1OC. The second-order valence-corrected chi connectivity index (χ2v) is 5.46. The van der Waals surface area contributed by atoms with Crippen molar-refractivity contribution in [3.63, 3.8) is 0 Å². The highest BCUT2D eigenvalue weighted by molar-refractivity contribution is 5.79. The van der Waals surface area contributed by atoms with E-state index < -0.39 is 0 Å². The molecule has 1 aliphatic carbocycles. The van der Waals surface area contributed by atoms with Crippen molar-refractivity contribution in [1.82, 2.24) is 9.97 Å². The zero-order valence-electron chi connectivity index (χ0n) is 12.8. The van der Waals surface area contributed by atoms with Gasteiger partial charge >= 0.3 is 0 Å². The molecule has 1 saturated carbocycles. The van der Waals surface area contributed by atoms with E-state index in [1.165, 1.54) is 0 Å². The Kier molecular flexibility index (Phi) is 4.29. The Balaban J connectivity index is 1.85. The van der Waals surface area contributed by atoms with Gasteiger partial charge in [-0.3, -0.25) is 0 Å². The summed E-state index contributed by atoms with van der Waals surface area (Å²) in [6.07, 6.45) is 4.72. The van der Waals surface area contributed by atoms with Crippen LogP contribution in [0.3, 0.4) is 0 Å². The molecule has 1 N–H and O–H groups in total. The molecule has 1 aromatic heterocycles. The summed E-state index contributed by atoms with van der Waals surface area (Å²) in [7, 11) is 3.17. The van der Waals surface area contributed by atoms with Crippen molar-refractivity contribution >= 4 is 11.0 Å². The van der Waals surface area contributed by atoms with Crippen LogP contribution in [0.4, 0.5) is 0 Å². The maximum absolute atomic E-state index is 9.71. The van der Waals surface area contributed by atoms with Gasteiger partial charge in [-0.1, -0.05) is 0 Å². The van der Waals surface area contributed by atoms with E-state index in [2.05, 4.69) is 9.97 Å². The van der Waals surface area contributed by atoms with E-state index in [-0.39, 0.29) is 12.2 Å². The zero-order chi connectivity index (χ0) is 15.5. The van der Waals surface area contributed by atoms with E-state index in [0.717, 1.165) is 19.3 Å². The van der Waals surface area contributed by atoms with E-state index in [0.29, 0.717) is 34.8 Å². The standard InChI is InChI=1S/C16H20N2O4/c1-20-14-7-12-13(8-15(14)21-2)18-16(9-17-12)22-11-5-3-4-10(19)6-11/h7-11,19H,3-6H2,1-2H3. The van der Waals surface area contributed by atoms with Crippen molar-refractivity contribution in [2.45, 2.75) is 37.9 Å².